The minimum absolute atomic E-state index is 0.269. The fourth-order valence-electron chi connectivity index (χ4n) is 0.774. The summed E-state index contributed by atoms with van der Waals surface area (Å²) in [6, 6.07) is 5.90. The van der Waals surface area contributed by atoms with Crippen molar-refractivity contribution in [2.24, 2.45) is 0 Å². The van der Waals surface area contributed by atoms with E-state index >= 15 is 0 Å². The van der Waals surface area contributed by atoms with Gasteiger partial charge in [-0.25, -0.2) is 4.39 Å². The number of hydrogen-bond acceptors (Lipinski definition) is 1. The topological polar surface area (TPSA) is 20.2 Å². The van der Waals surface area contributed by atoms with Crippen LogP contribution in [0.2, 0.25) is 0 Å². The first kappa shape index (κ1) is 8.93. The molecule has 0 fully saturated rings. The highest BCUT2D eigenvalue weighted by Gasteiger charge is 2.03. The van der Waals surface area contributed by atoms with Crippen molar-refractivity contribution in [3.05, 3.63) is 35.6 Å². The molecule has 0 aliphatic heterocycles. The lowest BCUT2D eigenvalue weighted by molar-refractivity contribution is 0.207. The molecule has 11 heavy (non-hydrogen) atoms. The largest absolute Gasteiger partial charge is 0.388 e. The number of aliphatic hydroxyl groups excluding tert-OH is 1. The molecule has 0 radical (unpaired) electrons. The Labute approximate surface area is 78.4 Å². The molecule has 0 heterocycles. The Hall–Kier alpha value is -0.160. The first-order valence-corrected chi connectivity index (χ1v) is 4.76. The summed E-state index contributed by atoms with van der Waals surface area (Å²) in [5.74, 6) is -0.269. The predicted molar refractivity (Wildman–Crippen MR) is 50.2 cm³/mol. The van der Waals surface area contributed by atoms with Crippen LogP contribution in [0.15, 0.2) is 24.3 Å². The number of hydrogen-bond donors (Lipinski definition) is 1. The molecule has 0 aliphatic rings. The van der Waals surface area contributed by atoms with Crippen molar-refractivity contribution in [2.45, 2.75) is 6.10 Å². The smallest absolute Gasteiger partial charge is 0.123 e. The summed E-state index contributed by atoms with van der Waals surface area (Å²) in [6.45, 7) is 0. The minimum Gasteiger partial charge on any atom is -0.388 e. The van der Waals surface area contributed by atoms with Crippen LogP contribution >= 0.6 is 22.6 Å². The maximum Gasteiger partial charge on any atom is 0.123 e. The van der Waals surface area contributed by atoms with Gasteiger partial charge in [-0.2, -0.15) is 0 Å². The molecule has 1 rings (SSSR count). The van der Waals surface area contributed by atoms with E-state index in [-0.39, 0.29) is 5.82 Å². The molecular formula is C8H8FIO. The van der Waals surface area contributed by atoms with Crippen molar-refractivity contribution in [1.29, 1.82) is 0 Å². The van der Waals surface area contributed by atoms with E-state index in [1.54, 1.807) is 12.1 Å². The maximum absolute atomic E-state index is 12.4. The van der Waals surface area contributed by atoms with Crippen LogP contribution < -0.4 is 0 Å². The quantitative estimate of drug-likeness (QED) is 0.643. The predicted octanol–water partition coefficient (Wildman–Crippen LogP) is 2.29. The van der Waals surface area contributed by atoms with E-state index in [1.807, 2.05) is 0 Å². The van der Waals surface area contributed by atoms with Crippen LogP contribution in [0.3, 0.4) is 0 Å². The summed E-state index contributed by atoms with van der Waals surface area (Å²) in [5, 5.41) is 9.29. The Morgan fingerprint density at radius 3 is 2.36 bits per heavy atom. The van der Waals surface area contributed by atoms with E-state index in [9.17, 15) is 9.50 Å². The highest BCUT2D eigenvalue weighted by molar-refractivity contribution is 14.1. The van der Waals surface area contributed by atoms with Gasteiger partial charge in [0.25, 0.3) is 0 Å². The van der Waals surface area contributed by atoms with Crippen LogP contribution in [0.5, 0.6) is 0 Å². The summed E-state index contributed by atoms with van der Waals surface area (Å²) in [5.41, 5.74) is 0.765. The van der Waals surface area contributed by atoms with E-state index in [1.165, 1.54) is 12.1 Å². The molecule has 0 saturated carbocycles. The summed E-state index contributed by atoms with van der Waals surface area (Å²) in [6.07, 6.45) is -0.476. The fraction of sp³-hybridized carbons (Fsp3) is 0.250. The molecule has 1 nitrogen and oxygen atoms in total. The molecule has 0 aliphatic carbocycles. The van der Waals surface area contributed by atoms with Crippen LogP contribution in [-0.2, 0) is 0 Å². The maximum atomic E-state index is 12.4. The first-order valence-electron chi connectivity index (χ1n) is 3.23. The Kier molecular flexibility index (Phi) is 3.26. The Bertz CT molecular complexity index is 222. The van der Waals surface area contributed by atoms with Gasteiger partial charge < -0.3 is 5.11 Å². The molecule has 1 aromatic carbocycles. The number of halogens is 2. The number of aliphatic hydroxyl groups is 1. The van der Waals surface area contributed by atoms with E-state index < -0.39 is 6.10 Å². The zero-order chi connectivity index (χ0) is 8.27. The zero-order valence-electron chi connectivity index (χ0n) is 5.80. The second kappa shape index (κ2) is 4.01. The van der Waals surface area contributed by atoms with Crippen LogP contribution in [0, 0.1) is 5.82 Å². The lowest BCUT2D eigenvalue weighted by Crippen LogP contribution is -1.97. The van der Waals surface area contributed by atoms with Crippen molar-refractivity contribution in [2.75, 3.05) is 4.43 Å². The molecule has 0 saturated heterocycles. The first-order chi connectivity index (χ1) is 5.24. The molecule has 1 N–H and O–H groups in total. The van der Waals surface area contributed by atoms with Gasteiger partial charge in [-0.3, -0.25) is 0 Å². The summed E-state index contributed by atoms with van der Waals surface area (Å²) in [4.78, 5) is 0. The highest BCUT2D eigenvalue weighted by atomic mass is 127. The Morgan fingerprint density at radius 2 is 1.91 bits per heavy atom. The fourth-order valence-corrected chi connectivity index (χ4v) is 1.28. The van der Waals surface area contributed by atoms with Crippen molar-refractivity contribution in [3.63, 3.8) is 0 Å². The average molecular weight is 266 g/mol. The lowest BCUT2D eigenvalue weighted by Gasteiger charge is -2.05. The van der Waals surface area contributed by atoms with E-state index in [2.05, 4.69) is 22.6 Å². The highest BCUT2D eigenvalue weighted by Crippen LogP contribution is 2.15. The van der Waals surface area contributed by atoms with E-state index in [0.29, 0.717) is 4.43 Å². The summed E-state index contributed by atoms with van der Waals surface area (Å²) in [7, 11) is 0. The third-order valence-electron chi connectivity index (χ3n) is 1.40. The Morgan fingerprint density at radius 1 is 1.36 bits per heavy atom. The van der Waals surface area contributed by atoms with Crippen LogP contribution in [0.1, 0.15) is 11.7 Å². The van der Waals surface area contributed by atoms with Gasteiger partial charge in [-0.15, -0.1) is 0 Å². The molecular weight excluding hydrogens is 258 g/mol. The van der Waals surface area contributed by atoms with Crippen LogP contribution in [-0.4, -0.2) is 9.53 Å². The Balaban J connectivity index is 2.81. The number of rotatable bonds is 2. The molecule has 3 heteroatoms. The molecule has 0 bridgehead atoms. The van der Waals surface area contributed by atoms with E-state index in [0.717, 1.165) is 5.56 Å². The molecule has 60 valence electrons. The van der Waals surface area contributed by atoms with Crippen molar-refractivity contribution in [3.8, 4) is 0 Å². The van der Waals surface area contributed by atoms with Gasteiger partial charge in [0.15, 0.2) is 0 Å². The molecule has 0 amide bonds. The van der Waals surface area contributed by atoms with Gasteiger partial charge in [0, 0.05) is 4.43 Å². The van der Waals surface area contributed by atoms with Crippen LogP contribution in [0.4, 0.5) is 4.39 Å². The summed E-state index contributed by atoms with van der Waals surface area (Å²) >= 11 is 2.08. The van der Waals surface area contributed by atoms with Crippen molar-refractivity contribution in [1.82, 2.24) is 0 Å². The van der Waals surface area contributed by atoms with Gasteiger partial charge in [0.1, 0.15) is 5.82 Å². The third kappa shape index (κ3) is 2.41. The minimum atomic E-state index is -0.476. The monoisotopic (exact) mass is 266 g/mol. The standard InChI is InChI=1S/C8H8FIO/c9-7-3-1-6(2-4-7)8(11)5-10/h1-4,8,11H,5H2. The molecule has 1 aromatic rings. The third-order valence-corrected chi connectivity index (χ3v) is 2.24. The van der Waals surface area contributed by atoms with Gasteiger partial charge in [-0.1, -0.05) is 34.7 Å². The molecule has 0 aromatic heterocycles. The number of benzene rings is 1. The SMILES string of the molecule is OC(CI)c1ccc(F)cc1. The second-order valence-corrected chi connectivity index (χ2v) is 3.10. The van der Waals surface area contributed by atoms with Gasteiger partial charge >= 0.3 is 0 Å². The number of alkyl halides is 1. The second-order valence-electron chi connectivity index (χ2n) is 2.22. The van der Waals surface area contributed by atoms with E-state index in [4.69, 9.17) is 0 Å². The zero-order valence-corrected chi connectivity index (χ0v) is 7.95. The molecule has 1 unspecified atom stereocenters. The van der Waals surface area contributed by atoms with Crippen molar-refractivity contribution >= 4 is 22.6 Å². The van der Waals surface area contributed by atoms with Crippen LogP contribution in [0.25, 0.3) is 0 Å². The summed E-state index contributed by atoms with van der Waals surface area (Å²) < 4.78 is 13.0. The van der Waals surface area contributed by atoms with Gasteiger partial charge in [0.05, 0.1) is 6.10 Å². The van der Waals surface area contributed by atoms with Crippen molar-refractivity contribution < 1.29 is 9.50 Å². The molecule has 0 spiro atoms. The average Bonchev–Trinajstić information content (AvgIpc) is 2.05. The lowest BCUT2D eigenvalue weighted by atomic mass is 10.1. The normalized spacial score (nSPS) is 13.0. The van der Waals surface area contributed by atoms with Gasteiger partial charge in [-0.05, 0) is 17.7 Å². The van der Waals surface area contributed by atoms with Gasteiger partial charge in [0.2, 0.25) is 0 Å². The molecule has 1 atom stereocenters.